The van der Waals surface area contributed by atoms with Gasteiger partial charge in [-0.2, -0.15) is 5.10 Å². The molecule has 9 nitrogen and oxygen atoms in total. The van der Waals surface area contributed by atoms with Crippen LogP contribution in [0.1, 0.15) is 16.7 Å². The molecule has 0 saturated carbocycles. The van der Waals surface area contributed by atoms with Crippen LogP contribution in [0.5, 0.6) is 0 Å². The van der Waals surface area contributed by atoms with Crippen LogP contribution in [0.15, 0.2) is 85.3 Å². The number of carbonyl (C=O) groups is 1. The fourth-order valence-electron chi connectivity index (χ4n) is 3.47. The Kier molecular flexibility index (Phi) is 7.54. The highest BCUT2D eigenvalue weighted by Gasteiger charge is 2.13. The van der Waals surface area contributed by atoms with E-state index in [2.05, 4.69) is 20.3 Å². The number of hydrogen-bond acceptors (Lipinski definition) is 5. The van der Waals surface area contributed by atoms with Gasteiger partial charge in [0.1, 0.15) is 0 Å². The predicted octanol–water partition coefficient (Wildman–Crippen LogP) is 2.98. The number of rotatable bonds is 9. The number of nitrogens with zero attached hydrogens (tertiary/aromatic N) is 3. The highest BCUT2D eigenvalue weighted by atomic mass is 32.2. The first-order chi connectivity index (χ1) is 16.9. The van der Waals surface area contributed by atoms with E-state index >= 15 is 0 Å². The average Bonchev–Trinajstić information content (AvgIpc) is 3.32. The second-order valence-electron chi connectivity index (χ2n) is 7.83. The van der Waals surface area contributed by atoms with E-state index in [1.165, 1.54) is 7.05 Å². The van der Waals surface area contributed by atoms with Gasteiger partial charge in [-0.1, -0.05) is 42.5 Å². The molecule has 0 aliphatic carbocycles. The van der Waals surface area contributed by atoms with Crippen LogP contribution in [0.25, 0.3) is 16.9 Å². The molecular weight excluding hydrogens is 464 g/mol. The van der Waals surface area contributed by atoms with E-state index < -0.39 is 10.0 Å². The zero-order valence-corrected chi connectivity index (χ0v) is 20.0. The average molecular weight is 491 g/mol. The summed E-state index contributed by atoms with van der Waals surface area (Å²) in [5, 5.41) is 10.4. The Balaban J connectivity index is 1.39. The Morgan fingerprint density at radius 2 is 1.54 bits per heavy atom. The molecule has 0 bridgehead atoms. The lowest BCUT2D eigenvalue weighted by Crippen LogP contribution is -2.34. The van der Waals surface area contributed by atoms with Crippen molar-refractivity contribution >= 4 is 16.1 Å². The molecule has 4 aromatic rings. The van der Waals surface area contributed by atoms with Gasteiger partial charge in [0.15, 0.2) is 0 Å². The highest BCUT2D eigenvalue weighted by Crippen LogP contribution is 2.23. The molecule has 0 aliphatic rings. The lowest BCUT2D eigenvalue weighted by Gasteiger charge is -2.09. The maximum absolute atomic E-state index is 12.5. The molecule has 2 aromatic carbocycles. The molecule has 10 heteroatoms. The maximum atomic E-state index is 12.5. The van der Waals surface area contributed by atoms with E-state index in [1.807, 2.05) is 48.7 Å². The zero-order chi connectivity index (χ0) is 24.7. The van der Waals surface area contributed by atoms with Crippen LogP contribution in [0.4, 0.5) is 4.79 Å². The first kappa shape index (κ1) is 24.1. The van der Waals surface area contributed by atoms with Crippen LogP contribution in [0.3, 0.4) is 0 Å². The van der Waals surface area contributed by atoms with Crippen LogP contribution in [0, 0.1) is 0 Å². The van der Waals surface area contributed by atoms with E-state index in [9.17, 15) is 13.2 Å². The minimum atomic E-state index is -3.32. The number of sulfonamides is 1. The van der Waals surface area contributed by atoms with E-state index in [-0.39, 0.29) is 18.3 Å². The van der Waals surface area contributed by atoms with Crippen molar-refractivity contribution < 1.29 is 13.2 Å². The van der Waals surface area contributed by atoms with Gasteiger partial charge in [-0.3, -0.25) is 4.98 Å². The normalized spacial score (nSPS) is 11.2. The van der Waals surface area contributed by atoms with Gasteiger partial charge >= 0.3 is 6.03 Å². The lowest BCUT2D eigenvalue weighted by molar-refractivity contribution is 0.240. The molecule has 180 valence electrons. The smallest absolute Gasteiger partial charge is 0.315 e. The molecule has 0 atom stereocenters. The van der Waals surface area contributed by atoms with Gasteiger partial charge in [0.25, 0.3) is 0 Å². The van der Waals surface area contributed by atoms with Crippen molar-refractivity contribution in [3.63, 3.8) is 0 Å². The SMILES string of the molecule is CNS(=O)(=O)Cc1ccc(CNC(=O)NCc2cn(-c3ccccc3)nc2-c2ccncc2)cc1. The largest absolute Gasteiger partial charge is 0.334 e. The zero-order valence-electron chi connectivity index (χ0n) is 19.2. The molecule has 0 unspecified atom stereocenters. The molecule has 0 spiro atoms. The molecule has 3 N–H and O–H groups in total. The number of amides is 2. The first-order valence-electron chi connectivity index (χ1n) is 11.0. The van der Waals surface area contributed by atoms with E-state index in [4.69, 9.17) is 5.10 Å². The Bertz CT molecular complexity index is 1370. The van der Waals surface area contributed by atoms with Crippen molar-refractivity contribution in [3.8, 4) is 16.9 Å². The molecule has 2 aromatic heterocycles. The van der Waals surface area contributed by atoms with Crippen LogP contribution < -0.4 is 15.4 Å². The second kappa shape index (κ2) is 10.9. The number of urea groups is 1. The number of pyridine rings is 1. The van der Waals surface area contributed by atoms with Crippen molar-refractivity contribution in [1.29, 1.82) is 0 Å². The summed E-state index contributed by atoms with van der Waals surface area (Å²) in [5.74, 6) is -0.0891. The van der Waals surface area contributed by atoms with Gasteiger partial charge < -0.3 is 10.6 Å². The third kappa shape index (κ3) is 6.52. The summed E-state index contributed by atoms with van der Waals surface area (Å²) in [6.07, 6.45) is 5.32. The quantitative estimate of drug-likeness (QED) is 0.333. The molecule has 0 saturated heterocycles. The summed E-state index contributed by atoms with van der Waals surface area (Å²) >= 11 is 0. The van der Waals surface area contributed by atoms with Gasteiger partial charge in [0, 0.05) is 42.8 Å². The number of carbonyl (C=O) groups excluding carboxylic acids is 1. The molecule has 2 heterocycles. The van der Waals surface area contributed by atoms with E-state index in [0.717, 1.165) is 28.1 Å². The monoisotopic (exact) mass is 490 g/mol. The second-order valence-corrected chi connectivity index (χ2v) is 9.76. The Labute approximate surface area is 204 Å². The van der Waals surface area contributed by atoms with Gasteiger partial charge in [-0.05, 0) is 42.4 Å². The van der Waals surface area contributed by atoms with E-state index in [0.29, 0.717) is 12.1 Å². The number of hydrogen-bond donors (Lipinski definition) is 3. The van der Waals surface area contributed by atoms with Crippen molar-refractivity contribution in [3.05, 3.63) is 102 Å². The highest BCUT2D eigenvalue weighted by molar-refractivity contribution is 7.88. The molecule has 0 aliphatic heterocycles. The van der Waals surface area contributed by atoms with Crippen LogP contribution in [-0.4, -0.2) is 36.3 Å². The Hall–Kier alpha value is -4.02. The van der Waals surface area contributed by atoms with Gasteiger partial charge in [-0.25, -0.2) is 22.6 Å². The topological polar surface area (TPSA) is 118 Å². The van der Waals surface area contributed by atoms with Crippen LogP contribution >= 0.6 is 0 Å². The van der Waals surface area contributed by atoms with Gasteiger partial charge in [0.05, 0.1) is 17.1 Å². The van der Waals surface area contributed by atoms with Crippen LogP contribution in [-0.2, 0) is 28.9 Å². The van der Waals surface area contributed by atoms with Gasteiger partial charge in [0.2, 0.25) is 10.0 Å². The predicted molar refractivity (Wildman–Crippen MR) is 134 cm³/mol. The third-order valence-electron chi connectivity index (χ3n) is 5.35. The van der Waals surface area contributed by atoms with Crippen molar-refractivity contribution in [2.45, 2.75) is 18.8 Å². The lowest BCUT2D eigenvalue weighted by atomic mass is 10.1. The standard InChI is InChI=1S/C25H26N6O3S/c1-26-35(33,34)18-20-9-7-19(8-10-20)15-28-25(32)29-16-22-17-31(23-5-3-2-4-6-23)30-24(22)21-11-13-27-14-12-21/h2-14,17,26H,15-16,18H2,1H3,(H2,28,29,32). The number of para-hydroxylation sites is 1. The van der Waals surface area contributed by atoms with Gasteiger partial charge in [-0.15, -0.1) is 0 Å². The first-order valence-corrected chi connectivity index (χ1v) is 12.6. The summed E-state index contributed by atoms with van der Waals surface area (Å²) in [6, 6.07) is 20.3. The summed E-state index contributed by atoms with van der Waals surface area (Å²) < 4.78 is 27.4. The Morgan fingerprint density at radius 1 is 0.886 bits per heavy atom. The third-order valence-corrected chi connectivity index (χ3v) is 6.68. The summed E-state index contributed by atoms with van der Waals surface area (Å²) in [6.45, 7) is 0.600. The number of benzene rings is 2. The summed E-state index contributed by atoms with van der Waals surface area (Å²) in [7, 11) is -1.94. The summed E-state index contributed by atoms with van der Waals surface area (Å²) in [4.78, 5) is 16.5. The number of aromatic nitrogens is 3. The summed E-state index contributed by atoms with van der Waals surface area (Å²) in [5.41, 5.74) is 5.00. The molecule has 0 radical (unpaired) electrons. The van der Waals surface area contributed by atoms with Crippen molar-refractivity contribution in [1.82, 2.24) is 30.1 Å². The number of nitrogens with one attached hydrogen (secondary N) is 3. The van der Waals surface area contributed by atoms with Crippen molar-refractivity contribution in [2.24, 2.45) is 0 Å². The molecule has 4 rings (SSSR count). The Morgan fingerprint density at radius 3 is 2.23 bits per heavy atom. The fourth-order valence-corrected chi connectivity index (χ4v) is 4.25. The minimum absolute atomic E-state index is 0.0891. The molecule has 35 heavy (non-hydrogen) atoms. The van der Waals surface area contributed by atoms with Crippen LogP contribution in [0.2, 0.25) is 0 Å². The molecular formula is C25H26N6O3S. The molecule has 0 fully saturated rings. The van der Waals surface area contributed by atoms with Crippen molar-refractivity contribution in [2.75, 3.05) is 7.05 Å². The fraction of sp³-hybridized carbons (Fsp3) is 0.160. The van der Waals surface area contributed by atoms with E-state index in [1.54, 1.807) is 41.3 Å². The minimum Gasteiger partial charge on any atom is -0.334 e. The molecule has 2 amide bonds. The maximum Gasteiger partial charge on any atom is 0.315 e.